The first-order chi connectivity index (χ1) is 8.22. The molecule has 4 nitrogen and oxygen atoms in total. The monoisotopic (exact) mass is 249 g/mol. The van der Waals surface area contributed by atoms with Crippen molar-refractivity contribution < 1.29 is 4.74 Å². The number of hydrogen-bond acceptors (Lipinski definition) is 3. The summed E-state index contributed by atoms with van der Waals surface area (Å²) < 4.78 is 5.34. The van der Waals surface area contributed by atoms with Crippen molar-refractivity contribution >= 4 is 29.6 Å². The van der Waals surface area contributed by atoms with Crippen molar-refractivity contribution in [3.05, 3.63) is 35.9 Å². The molecule has 0 unspecified atom stereocenters. The van der Waals surface area contributed by atoms with Gasteiger partial charge in [-0.05, 0) is 42.9 Å². The first-order valence-electron chi connectivity index (χ1n) is 5.20. The molecule has 0 aromatic heterocycles. The molecule has 0 saturated heterocycles. The molecule has 0 saturated carbocycles. The minimum atomic E-state index is 0.149. The number of allylic oxidation sites excluding steroid dienone is 1. The number of benzene rings is 1. The summed E-state index contributed by atoms with van der Waals surface area (Å²) in [5.74, 6) is 0.869. The van der Waals surface area contributed by atoms with E-state index in [9.17, 15) is 0 Å². The number of nitrogens with one attached hydrogen (secondary N) is 1. The maximum absolute atomic E-state index is 5.34. The predicted molar refractivity (Wildman–Crippen MR) is 75.1 cm³/mol. The standard InChI is InChI=1S/C12H15N3OS/c1-2-16-11-7-5-10(6-8-11)4-3-9-14-15-12(13)17/h3-9H,2H2,1H3,(H3,13,15,17)/b4-3+,14-9-. The highest BCUT2D eigenvalue weighted by Gasteiger charge is 1.90. The smallest absolute Gasteiger partial charge is 0.184 e. The highest BCUT2D eigenvalue weighted by Crippen LogP contribution is 2.12. The average molecular weight is 249 g/mol. The summed E-state index contributed by atoms with van der Waals surface area (Å²) in [5.41, 5.74) is 8.73. The van der Waals surface area contributed by atoms with E-state index in [0.29, 0.717) is 6.61 Å². The van der Waals surface area contributed by atoms with Crippen molar-refractivity contribution in [2.45, 2.75) is 6.92 Å². The Bertz CT molecular complexity index is 412. The Morgan fingerprint density at radius 1 is 1.47 bits per heavy atom. The van der Waals surface area contributed by atoms with Crippen LogP contribution in [0.15, 0.2) is 35.4 Å². The third-order valence-corrected chi connectivity index (χ3v) is 1.91. The van der Waals surface area contributed by atoms with Crippen LogP contribution in [0.3, 0.4) is 0 Å². The number of thiocarbonyl (C=S) groups is 1. The summed E-state index contributed by atoms with van der Waals surface area (Å²) in [5, 5.41) is 3.93. The van der Waals surface area contributed by atoms with Gasteiger partial charge in [0.2, 0.25) is 0 Å². The van der Waals surface area contributed by atoms with Gasteiger partial charge in [0.25, 0.3) is 0 Å². The van der Waals surface area contributed by atoms with Gasteiger partial charge < -0.3 is 10.5 Å². The largest absolute Gasteiger partial charge is 0.494 e. The first-order valence-corrected chi connectivity index (χ1v) is 5.61. The van der Waals surface area contributed by atoms with Crippen LogP contribution in [0.2, 0.25) is 0 Å². The van der Waals surface area contributed by atoms with Crippen molar-refractivity contribution in [2.75, 3.05) is 6.61 Å². The minimum absolute atomic E-state index is 0.149. The van der Waals surface area contributed by atoms with Crippen molar-refractivity contribution in [1.29, 1.82) is 0 Å². The second-order valence-corrected chi connectivity index (χ2v) is 3.56. The van der Waals surface area contributed by atoms with Gasteiger partial charge in [-0.15, -0.1) is 0 Å². The van der Waals surface area contributed by atoms with Crippen molar-refractivity contribution in [1.82, 2.24) is 5.43 Å². The molecule has 0 fully saturated rings. The maximum Gasteiger partial charge on any atom is 0.184 e. The van der Waals surface area contributed by atoms with E-state index >= 15 is 0 Å². The lowest BCUT2D eigenvalue weighted by Crippen LogP contribution is -2.23. The van der Waals surface area contributed by atoms with Crippen LogP contribution in [0.5, 0.6) is 5.75 Å². The van der Waals surface area contributed by atoms with Gasteiger partial charge in [0.1, 0.15) is 5.75 Å². The van der Waals surface area contributed by atoms with Crippen LogP contribution in [0, 0.1) is 0 Å². The Kier molecular flexibility index (Phi) is 5.74. The number of hydrogen-bond donors (Lipinski definition) is 2. The number of nitrogens with zero attached hydrogens (tertiary/aromatic N) is 1. The molecule has 0 aliphatic rings. The van der Waals surface area contributed by atoms with E-state index in [1.807, 2.05) is 37.3 Å². The van der Waals surface area contributed by atoms with E-state index in [2.05, 4.69) is 22.7 Å². The summed E-state index contributed by atoms with van der Waals surface area (Å²) in [6, 6.07) is 7.79. The molecule has 1 rings (SSSR count). The Morgan fingerprint density at radius 3 is 2.76 bits per heavy atom. The van der Waals surface area contributed by atoms with Gasteiger partial charge in [-0.2, -0.15) is 5.10 Å². The quantitative estimate of drug-likeness (QED) is 0.475. The average Bonchev–Trinajstić information content (AvgIpc) is 2.31. The summed E-state index contributed by atoms with van der Waals surface area (Å²) in [6.07, 6.45) is 5.29. The van der Waals surface area contributed by atoms with E-state index in [1.165, 1.54) is 0 Å². The third kappa shape index (κ3) is 5.67. The lowest BCUT2D eigenvalue weighted by molar-refractivity contribution is 0.340. The van der Waals surface area contributed by atoms with Crippen molar-refractivity contribution in [2.24, 2.45) is 10.8 Å². The molecule has 3 N–H and O–H groups in total. The molecular formula is C12H15N3OS. The zero-order valence-corrected chi connectivity index (χ0v) is 10.4. The topological polar surface area (TPSA) is 59.6 Å². The summed E-state index contributed by atoms with van der Waals surface area (Å²) in [6.45, 7) is 2.63. The van der Waals surface area contributed by atoms with Gasteiger partial charge in [-0.3, -0.25) is 5.43 Å². The lowest BCUT2D eigenvalue weighted by Gasteiger charge is -2.01. The summed E-state index contributed by atoms with van der Waals surface area (Å²) in [7, 11) is 0. The molecule has 0 aliphatic heterocycles. The SMILES string of the molecule is CCOc1ccc(/C=C/C=N\NC(N)=S)cc1. The molecule has 1 aromatic carbocycles. The van der Waals surface area contributed by atoms with Gasteiger partial charge in [0.05, 0.1) is 6.61 Å². The van der Waals surface area contributed by atoms with Gasteiger partial charge in [0, 0.05) is 6.21 Å². The van der Waals surface area contributed by atoms with Gasteiger partial charge >= 0.3 is 0 Å². The van der Waals surface area contributed by atoms with Crippen LogP contribution < -0.4 is 15.9 Å². The van der Waals surface area contributed by atoms with E-state index in [1.54, 1.807) is 12.3 Å². The molecule has 0 atom stereocenters. The first kappa shape index (κ1) is 13.2. The second kappa shape index (κ2) is 7.40. The fourth-order valence-corrected chi connectivity index (χ4v) is 1.19. The van der Waals surface area contributed by atoms with Gasteiger partial charge in [-0.1, -0.05) is 18.2 Å². The molecule has 1 aromatic rings. The van der Waals surface area contributed by atoms with Gasteiger partial charge in [-0.25, -0.2) is 0 Å². The molecule has 0 heterocycles. The van der Waals surface area contributed by atoms with Crippen LogP contribution >= 0.6 is 12.2 Å². The molecule has 90 valence electrons. The zero-order chi connectivity index (χ0) is 12.5. The van der Waals surface area contributed by atoms with Crippen molar-refractivity contribution in [3.63, 3.8) is 0 Å². The number of rotatable bonds is 5. The van der Waals surface area contributed by atoms with E-state index in [4.69, 9.17) is 10.5 Å². The Morgan fingerprint density at radius 2 is 2.18 bits per heavy atom. The van der Waals surface area contributed by atoms with Crippen LogP contribution in [-0.4, -0.2) is 17.9 Å². The molecule has 0 radical (unpaired) electrons. The molecule has 17 heavy (non-hydrogen) atoms. The zero-order valence-electron chi connectivity index (χ0n) is 9.59. The van der Waals surface area contributed by atoms with Crippen LogP contribution in [0.1, 0.15) is 12.5 Å². The molecule has 0 bridgehead atoms. The second-order valence-electron chi connectivity index (χ2n) is 3.12. The van der Waals surface area contributed by atoms with E-state index in [0.717, 1.165) is 11.3 Å². The fourth-order valence-electron chi connectivity index (χ4n) is 1.14. The number of ether oxygens (including phenoxy) is 1. The Balaban J connectivity index is 2.48. The van der Waals surface area contributed by atoms with Gasteiger partial charge in [0.15, 0.2) is 5.11 Å². The van der Waals surface area contributed by atoms with Crippen molar-refractivity contribution in [3.8, 4) is 5.75 Å². The number of hydrazone groups is 1. The van der Waals surface area contributed by atoms with Crippen LogP contribution in [0.4, 0.5) is 0 Å². The molecule has 5 heteroatoms. The molecule has 0 spiro atoms. The highest BCUT2D eigenvalue weighted by atomic mass is 32.1. The fraction of sp³-hybridized carbons (Fsp3) is 0.167. The predicted octanol–water partition coefficient (Wildman–Crippen LogP) is 1.92. The third-order valence-electron chi connectivity index (χ3n) is 1.82. The molecule has 0 aliphatic carbocycles. The minimum Gasteiger partial charge on any atom is -0.494 e. The molecular weight excluding hydrogens is 234 g/mol. The highest BCUT2D eigenvalue weighted by molar-refractivity contribution is 7.80. The summed E-state index contributed by atoms with van der Waals surface area (Å²) in [4.78, 5) is 0. The lowest BCUT2D eigenvalue weighted by atomic mass is 10.2. The maximum atomic E-state index is 5.34. The molecule has 0 amide bonds. The van der Waals surface area contributed by atoms with E-state index < -0.39 is 0 Å². The van der Waals surface area contributed by atoms with E-state index in [-0.39, 0.29) is 5.11 Å². The summed E-state index contributed by atoms with van der Waals surface area (Å²) >= 11 is 4.59. The Hall–Kier alpha value is -1.88. The Labute approximate surface area is 106 Å². The van der Waals surface area contributed by atoms with Crippen LogP contribution in [0.25, 0.3) is 6.08 Å². The number of nitrogens with two attached hydrogens (primary N) is 1. The van der Waals surface area contributed by atoms with Crippen LogP contribution in [-0.2, 0) is 0 Å². The normalized spacial score (nSPS) is 10.9.